The van der Waals surface area contributed by atoms with E-state index < -0.39 is 0 Å². The molecule has 3 aromatic rings. The van der Waals surface area contributed by atoms with E-state index in [4.69, 9.17) is 0 Å². The van der Waals surface area contributed by atoms with Crippen molar-refractivity contribution < 1.29 is 19.0 Å². The fourth-order valence-electron chi connectivity index (χ4n) is 1.93. The van der Waals surface area contributed by atoms with Crippen molar-refractivity contribution in [3.05, 3.63) is 58.2 Å². The summed E-state index contributed by atoms with van der Waals surface area (Å²) < 4.78 is 1.40. The molecule has 1 N–H and O–H groups in total. The number of hydrogen-bond donors (Lipinski definition) is 1. The van der Waals surface area contributed by atoms with Gasteiger partial charge in [0.2, 0.25) is 0 Å². The van der Waals surface area contributed by atoms with E-state index in [9.17, 15) is 0 Å². The Morgan fingerprint density at radius 2 is 1.82 bits per heavy atom. The Balaban J connectivity index is 2.13. The molecule has 0 aliphatic rings. The van der Waals surface area contributed by atoms with Crippen molar-refractivity contribution in [1.29, 1.82) is 0 Å². The molecule has 0 aliphatic heterocycles. The number of halogens is 2. The monoisotopic (exact) mass is 398 g/mol. The van der Waals surface area contributed by atoms with Gasteiger partial charge in [-0.1, -0.05) is 0 Å². The van der Waals surface area contributed by atoms with Gasteiger partial charge in [0.15, 0.2) is 0 Å². The van der Waals surface area contributed by atoms with E-state index in [-0.39, 0.29) is 19.0 Å². The number of rotatable bonds is 2. The fourth-order valence-corrected chi connectivity index (χ4v) is 3.98. The molecule has 0 amide bonds. The molecule has 2 aromatic carbocycles. The van der Waals surface area contributed by atoms with Crippen LogP contribution in [-0.4, -0.2) is 4.98 Å². The quantitative estimate of drug-likeness (QED) is 0.628. The van der Waals surface area contributed by atoms with Gasteiger partial charge < -0.3 is 0 Å². The summed E-state index contributed by atoms with van der Waals surface area (Å²) in [7, 11) is 0. The predicted octanol–water partition coefficient (Wildman–Crippen LogP) is 1.40. The summed E-state index contributed by atoms with van der Waals surface area (Å²) in [5.74, 6) is 0. The van der Waals surface area contributed by atoms with Crippen molar-refractivity contribution in [2.45, 2.75) is 0 Å². The molecule has 1 nitrogen and oxygen atoms in total. The molecular formula is C14H10BrIN-. The molecule has 1 heterocycles. The molecule has 0 radical (unpaired) electrons. The molecule has 0 spiro atoms. The first kappa shape index (κ1) is 11.3. The van der Waals surface area contributed by atoms with Gasteiger partial charge in [0.1, 0.15) is 0 Å². The number of para-hydroxylation sites is 1. The van der Waals surface area contributed by atoms with Crippen molar-refractivity contribution in [1.82, 2.24) is 4.98 Å². The third kappa shape index (κ3) is 2.26. The van der Waals surface area contributed by atoms with Crippen LogP contribution >= 0.6 is 12.7 Å². The summed E-state index contributed by atoms with van der Waals surface area (Å²) in [6, 6.07) is 19.3. The van der Waals surface area contributed by atoms with Gasteiger partial charge >= 0.3 is 117 Å². The minimum absolute atomic E-state index is 0.0250. The van der Waals surface area contributed by atoms with Gasteiger partial charge in [-0.2, -0.15) is 0 Å². The van der Waals surface area contributed by atoms with Gasteiger partial charge in [-0.25, -0.2) is 0 Å². The van der Waals surface area contributed by atoms with Crippen LogP contribution in [0.3, 0.4) is 0 Å². The zero-order chi connectivity index (χ0) is 11.7. The molecule has 17 heavy (non-hydrogen) atoms. The molecule has 0 aliphatic carbocycles. The fraction of sp³-hybridized carbons (Fsp3) is 0. The Labute approximate surface area is 116 Å². The zero-order valence-corrected chi connectivity index (χ0v) is 12.7. The van der Waals surface area contributed by atoms with E-state index in [0.29, 0.717) is 0 Å². The second-order valence-electron chi connectivity index (χ2n) is 3.85. The Morgan fingerprint density at radius 1 is 0.941 bits per heavy atom. The second kappa shape index (κ2) is 4.82. The molecule has 0 saturated heterocycles. The van der Waals surface area contributed by atoms with Crippen LogP contribution in [0.25, 0.3) is 22.2 Å². The van der Waals surface area contributed by atoms with Crippen LogP contribution in [-0.2, 0) is 0 Å². The molecule has 86 valence electrons. The molecule has 0 fully saturated rings. The maximum atomic E-state index is 3.60. The summed E-state index contributed by atoms with van der Waals surface area (Å²) in [6.45, 7) is 0. The molecular weight excluding hydrogens is 389 g/mol. The number of benzene rings is 2. The van der Waals surface area contributed by atoms with Crippen molar-refractivity contribution in [2.24, 2.45) is 0 Å². The second-order valence-corrected chi connectivity index (χ2v) is 7.52. The van der Waals surface area contributed by atoms with Crippen molar-refractivity contribution in [3.63, 3.8) is 0 Å². The molecule has 0 atom stereocenters. The predicted molar refractivity (Wildman–Crippen MR) is 71.4 cm³/mol. The van der Waals surface area contributed by atoms with Crippen LogP contribution in [0.2, 0.25) is 0 Å². The van der Waals surface area contributed by atoms with Gasteiger partial charge in [0.25, 0.3) is 0 Å². The number of aromatic amines is 1. The van der Waals surface area contributed by atoms with E-state index >= 15 is 0 Å². The van der Waals surface area contributed by atoms with Crippen molar-refractivity contribution in [2.75, 3.05) is 0 Å². The van der Waals surface area contributed by atoms with E-state index in [0.717, 1.165) is 0 Å². The van der Waals surface area contributed by atoms with Crippen molar-refractivity contribution in [3.8, 4) is 11.3 Å². The Hall–Kier alpha value is -0.810. The third-order valence-electron chi connectivity index (χ3n) is 2.75. The molecule has 3 rings (SSSR count). The average Bonchev–Trinajstić information content (AvgIpc) is 2.82. The summed E-state index contributed by atoms with van der Waals surface area (Å²) >= 11 is 3.57. The number of fused-ring (bicyclic) bond motifs is 1. The average molecular weight is 399 g/mol. The van der Waals surface area contributed by atoms with Gasteiger partial charge in [0, 0.05) is 0 Å². The SMILES string of the molecule is Br[I-]c1cccc(-c2cc3ccccc3[nH]2)c1. The van der Waals surface area contributed by atoms with Gasteiger partial charge in [0.05, 0.1) is 0 Å². The molecule has 0 saturated carbocycles. The number of H-pyrrole nitrogens is 1. The summed E-state index contributed by atoms with van der Waals surface area (Å²) in [4.78, 5) is 3.46. The van der Waals surface area contributed by atoms with Crippen LogP contribution < -0.4 is 19.0 Å². The van der Waals surface area contributed by atoms with E-state index in [1.165, 1.54) is 25.7 Å². The van der Waals surface area contributed by atoms with E-state index in [2.05, 4.69) is 72.3 Å². The molecule has 1 aromatic heterocycles. The van der Waals surface area contributed by atoms with Gasteiger partial charge in [-0.15, -0.1) is 0 Å². The molecule has 3 heteroatoms. The number of nitrogens with one attached hydrogen (secondary N) is 1. The first-order valence-corrected chi connectivity index (χ1v) is 11.2. The topological polar surface area (TPSA) is 15.8 Å². The maximum absolute atomic E-state index is 3.60. The van der Waals surface area contributed by atoms with E-state index in [1.54, 1.807) is 0 Å². The third-order valence-corrected chi connectivity index (χ3v) is 6.21. The van der Waals surface area contributed by atoms with E-state index in [1.807, 2.05) is 0 Å². The molecule has 0 bridgehead atoms. The van der Waals surface area contributed by atoms with Gasteiger partial charge in [-0.05, 0) is 0 Å². The first-order valence-electron chi connectivity index (χ1n) is 5.31. The standard InChI is InChI=1S/C14H10BrIN/c15-16-12-6-3-5-10(8-12)14-9-11-4-1-2-7-13(11)17-14/h1-9,17H/q-1. The summed E-state index contributed by atoms with van der Waals surface area (Å²) in [6.07, 6.45) is 0. The Morgan fingerprint density at radius 3 is 2.65 bits per heavy atom. The summed E-state index contributed by atoms with van der Waals surface area (Å²) in [5, 5.41) is 1.27. The van der Waals surface area contributed by atoms with Crippen molar-refractivity contribution >= 4 is 23.6 Å². The van der Waals surface area contributed by atoms with Crippen LogP contribution in [0.5, 0.6) is 0 Å². The summed E-state index contributed by atoms with van der Waals surface area (Å²) in [5.41, 5.74) is 3.65. The van der Waals surface area contributed by atoms with Crippen LogP contribution in [0.1, 0.15) is 0 Å². The van der Waals surface area contributed by atoms with Gasteiger partial charge in [-0.3, -0.25) is 0 Å². The van der Waals surface area contributed by atoms with Crippen LogP contribution in [0.4, 0.5) is 0 Å². The van der Waals surface area contributed by atoms with Crippen LogP contribution in [0.15, 0.2) is 54.6 Å². The Bertz CT molecular complexity index is 627. The van der Waals surface area contributed by atoms with Crippen LogP contribution in [0, 0.1) is 3.57 Å². The first-order chi connectivity index (χ1) is 8.36. The minimum atomic E-state index is -0.0250. The number of aromatic nitrogens is 1. The Kier molecular flexibility index (Phi) is 3.20. The normalized spacial score (nSPS) is 11.1. The number of hydrogen-bond acceptors (Lipinski definition) is 0. The zero-order valence-electron chi connectivity index (χ0n) is 8.95. The molecule has 0 unspecified atom stereocenters.